The average Bonchev–Trinajstić information content (AvgIpc) is 2.79. The lowest BCUT2D eigenvalue weighted by atomic mass is 10.2. The quantitative estimate of drug-likeness (QED) is 0.306. The molecule has 174 valence electrons. The summed E-state index contributed by atoms with van der Waals surface area (Å²) in [7, 11) is -3.61. The number of rotatable bonds is 11. The Labute approximate surface area is 188 Å². The lowest BCUT2D eigenvalue weighted by molar-refractivity contribution is 0.256. The number of unbranched alkanes of at least 4 members (excludes halogenated alkanes) is 2. The molecule has 0 saturated heterocycles. The van der Waals surface area contributed by atoms with Crippen LogP contribution in [0.3, 0.4) is 0 Å². The first kappa shape index (κ1) is 25.4. The van der Waals surface area contributed by atoms with E-state index < -0.39 is 10.1 Å². The zero-order chi connectivity index (χ0) is 23.4. The Morgan fingerprint density at radius 3 is 2.34 bits per heavy atom. The zero-order valence-electron chi connectivity index (χ0n) is 18.6. The lowest BCUT2D eigenvalue weighted by Gasteiger charge is -2.09. The third-order valence-corrected chi connectivity index (χ3v) is 4.73. The van der Waals surface area contributed by atoms with Crippen LogP contribution in [-0.2, 0) is 20.9 Å². The highest BCUT2D eigenvalue weighted by Crippen LogP contribution is 2.23. The molecule has 3 rings (SSSR count). The third-order valence-electron chi connectivity index (χ3n) is 4.18. The summed E-state index contributed by atoms with van der Waals surface area (Å²) in [6.45, 7) is 4.61. The number of para-hydroxylation sites is 1. The summed E-state index contributed by atoms with van der Waals surface area (Å²) < 4.78 is 43.0. The predicted molar refractivity (Wildman–Crippen MR) is 123 cm³/mol. The standard InChI is InChI=1S/C21H23NO7S.C2H6/c1-30(24,25)29-14-16-13-19(23)21(15-28-16)27-12-6-2-5-11-26-20-9-10-22-18-8-4-3-7-17(18)20;1-2/h3-4,7-10,13,15H,2,5-6,11-12,14H2,1H3;1-2H3. The molecule has 0 radical (unpaired) electrons. The molecule has 2 heterocycles. The first-order chi connectivity index (χ1) is 15.4. The van der Waals surface area contributed by atoms with Gasteiger partial charge in [-0.25, -0.2) is 0 Å². The second-order valence-electron chi connectivity index (χ2n) is 6.62. The molecule has 0 atom stereocenters. The highest BCUT2D eigenvalue weighted by Gasteiger charge is 2.08. The van der Waals surface area contributed by atoms with E-state index in [1.165, 1.54) is 6.26 Å². The molecule has 0 aliphatic carbocycles. The molecule has 0 amide bonds. The summed E-state index contributed by atoms with van der Waals surface area (Å²) in [6.07, 6.45) is 6.29. The minimum atomic E-state index is -3.61. The molecular weight excluding hydrogens is 434 g/mol. The van der Waals surface area contributed by atoms with Gasteiger partial charge in [-0.05, 0) is 37.5 Å². The van der Waals surface area contributed by atoms with Crippen molar-refractivity contribution >= 4 is 21.0 Å². The van der Waals surface area contributed by atoms with Gasteiger partial charge in [0, 0.05) is 17.6 Å². The summed E-state index contributed by atoms with van der Waals surface area (Å²) in [5.74, 6) is 1.01. The molecule has 2 aromatic heterocycles. The number of pyridine rings is 1. The molecule has 3 aromatic rings. The van der Waals surface area contributed by atoms with Crippen LogP contribution in [0.4, 0.5) is 0 Å². The van der Waals surface area contributed by atoms with Gasteiger partial charge in [0.1, 0.15) is 24.4 Å². The van der Waals surface area contributed by atoms with Gasteiger partial charge >= 0.3 is 0 Å². The molecule has 0 N–H and O–H groups in total. The molecule has 9 heteroatoms. The highest BCUT2D eigenvalue weighted by molar-refractivity contribution is 7.85. The fraction of sp³-hybridized carbons (Fsp3) is 0.391. The molecule has 0 aliphatic heterocycles. The van der Waals surface area contributed by atoms with E-state index in [2.05, 4.69) is 9.17 Å². The topological polar surface area (TPSA) is 105 Å². The number of aromatic nitrogens is 1. The van der Waals surface area contributed by atoms with Crippen LogP contribution in [0.2, 0.25) is 0 Å². The van der Waals surface area contributed by atoms with E-state index in [0.29, 0.717) is 13.2 Å². The molecular formula is C23H29NO7S. The van der Waals surface area contributed by atoms with Crippen LogP contribution in [0.5, 0.6) is 11.5 Å². The van der Waals surface area contributed by atoms with Gasteiger partial charge < -0.3 is 13.9 Å². The minimum Gasteiger partial charge on any atom is -0.493 e. The number of fused-ring (bicyclic) bond motifs is 1. The predicted octanol–water partition coefficient (Wildman–Crippen LogP) is 4.32. The summed E-state index contributed by atoms with van der Waals surface area (Å²) in [6, 6.07) is 10.8. The monoisotopic (exact) mass is 463 g/mol. The van der Waals surface area contributed by atoms with Crippen LogP contribution >= 0.6 is 0 Å². The Hall–Kier alpha value is -2.91. The molecule has 0 bridgehead atoms. The van der Waals surface area contributed by atoms with Crippen molar-refractivity contribution in [2.45, 2.75) is 39.7 Å². The van der Waals surface area contributed by atoms with Crippen molar-refractivity contribution in [3.8, 4) is 11.5 Å². The SMILES string of the molecule is CC.CS(=O)(=O)OCc1cc(=O)c(OCCCCCOc2ccnc3ccccc23)co1. The van der Waals surface area contributed by atoms with Crippen LogP contribution in [0.25, 0.3) is 10.9 Å². The van der Waals surface area contributed by atoms with Crippen molar-refractivity contribution in [1.29, 1.82) is 0 Å². The van der Waals surface area contributed by atoms with Crippen molar-refractivity contribution in [1.82, 2.24) is 4.98 Å². The first-order valence-corrected chi connectivity index (χ1v) is 12.3. The third kappa shape index (κ3) is 8.32. The van der Waals surface area contributed by atoms with Crippen LogP contribution in [0, 0.1) is 0 Å². The van der Waals surface area contributed by atoms with Crippen molar-refractivity contribution in [2.24, 2.45) is 0 Å². The maximum atomic E-state index is 12.0. The molecule has 0 spiro atoms. The Morgan fingerprint density at radius 1 is 0.969 bits per heavy atom. The highest BCUT2D eigenvalue weighted by atomic mass is 32.2. The van der Waals surface area contributed by atoms with Gasteiger partial charge in [-0.15, -0.1) is 0 Å². The molecule has 0 fully saturated rings. The largest absolute Gasteiger partial charge is 0.493 e. The van der Waals surface area contributed by atoms with Gasteiger partial charge in [-0.3, -0.25) is 14.0 Å². The van der Waals surface area contributed by atoms with Gasteiger partial charge in [0.25, 0.3) is 10.1 Å². The van der Waals surface area contributed by atoms with E-state index in [1.54, 1.807) is 6.20 Å². The maximum absolute atomic E-state index is 12.0. The smallest absolute Gasteiger partial charge is 0.264 e. The van der Waals surface area contributed by atoms with E-state index >= 15 is 0 Å². The van der Waals surface area contributed by atoms with Crippen molar-refractivity contribution in [2.75, 3.05) is 19.5 Å². The lowest BCUT2D eigenvalue weighted by Crippen LogP contribution is -2.10. The fourth-order valence-electron chi connectivity index (χ4n) is 2.73. The molecule has 0 aliphatic rings. The zero-order valence-corrected chi connectivity index (χ0v) is 19.4. The van der Waals surface area contributed by atoms with Gasteiger partial charge in [0.15, 0.2) is 0 Å². The first-order valence-electron chi connectivity index (χ1n) is 10.5. The molecule has 1 aromatic carbocycles. The Morgan fingerprint density at radius 2 is 1.66 bits per heavy atom. The second-order valence-corrected chi connectivity index (χ2v) is 8.27. The maximum Gasteiger partial charge on any atom is 0.264 e. The number of benzene rings is 1. The fourth-order valence-corrected chi connectivity index (χ4v) is 3.06. The molecule has 8 nitrogen and oxygen atoms in total. The van der Waals surface area contributed by atoms with Gasteiger partial charge in [0.2, 0.25) is 11.2 Å². The molecule has 0 saturated carbocycles. The van der Waals surface area contributed by atoms with Gasteiger partial charge in [0.05, 0.1) is 25.0 Å². The summed E-state index contributed by atoms with van der Waals surface area (Å²) in [5, 5.41) is 0.987. The van der Waals surface area contributed by atoms with Crippen LogP contribution in [0.1, 0.15) is 38.9 Å². The Balaban J connectivity index is 0.00000176. The Kier molecular flexibility index (Phi) is 10.2. The molecule has 0 unspecified atom stereocenters. The van der Waals surface area contributed by atoms with Gasteiger partial charge in [-0.2, -0.15) is 8.42 Å². The number of hydrogen-bond donors (Lipinski definition) is 0. The molecule has 32 heavy (non-hydrogen) atoms. The van der Waals surface area contributed by atoms with E-state index in [1.807, 2.05) is 44.2 Å². The van der Waals surface area contributed by atoms with Crippen LogP contribution < -0.4 is 14.9 Å². The van der Waals surface area contributed by atoms with E-state index in [4.69, 9.17) is 13.9 Å². The second kappa shape index (κ2) is 12.8. The van der Waals surface area contributed by atoms with Crippen molar-refractivity contribution in [3.05, 3.63) is 64.8 Å². The van der Waals surface area contributed by atoms with Crippen LogP contribution in [-0.4, -0.2) is 32.9 Å². The summed E-state index contributed by atoms with van der Waals surface area (Å²) >= 11 is 0. The summed E-state index contributed by atoms with van der Waals surface area (Å²) in [5.41, 5.74) is 0.511. The van der Waals surface area contributed by atoms with E-state index in [9.17, 15) is 13.2 Å². The Bertz CT molecular complexity index is 1140. The van der Waals surface area contributed by atoms with Crippen molar-refractivity contribution in [3.63, 3.8) is 0 Å². The van der Waals surface area contributed by atoms with Crippen molar-refractivity contribution < 1.29 is 26.5 Å². The van der Waals surface area contributed by atoms with Gasteiger partial charge in [-0.1, -0.05) is 26.0 Å². The number of hydrogen-bond acceptors (Lipinski definition) is 8. The van der Waals surface area contributed by atoms with E-state index in [-0.39, 0.29) is 23.5 Å². The van der Waals surface area contributed by atoms with E-state index in [0.717, 1.165) is 48.2 Å². The van der Waals surface area contributed by atoms with Crippen LogP contribution in [0.15, 0.2) is 58.1 Å². The minimum absolute atomic E-state index is 0.0811. The summed E-state index contributed by atoms with van der Waals surface area (Å²) in [4.78, 5) is 16.3. The normalized spacial score (nSPS) is 11.0. The number of nitrogens with zero attached hydrogens (tertiary/aromatic N) is 1. The number of ether oxygens (including phenoxy) is 2. The average molecular weight is 464 g/mol.